The van der Waals surface area contributed by atoms with Gasteiger partial charge in [-0.2, -0.15) is 0 Å². The van der Waals surface area contributed by atoms with Gasteiger partial charge in [-0.1, -0.05) is 25.9 Å². The number of ketones is 2. The maximum atomic E-state index is 14.0. The third kappa shape index (κ3) is 3.94. The average Bonchev–Trinajstić information content (AvgIpc) is 2.80. The van der Waals surface area contributed by atoms with Crippen LogP contribution in [0, 0.1) is 11.8 Å². The van der Waals surface area contributed by atoms with E-state index in [1.807, 2.05) is 20.8 Å². The van der Waals surface area contributed by atoms with Crippen molar-refractivity contribution >= 4 is 28.9 Å². The Labute approximate surface area is 226 Å². The summed E-state index contributed by atoms with van der Waals surface area (Å²) in [7, 11) is 4.52. The van der Waals surface area contributed by atoms with Crippen molar-refractivity contribution in [1.29, 1.82) is 0 Å². The number of primary amides is 1. The zero-order valence-corrected chi connectivity index (χ0v) is 23.1. The lowest BCUT2D eigenvalue weighted by atomic mass is 9.57. The average molecular weight is 542 g/mol. The molecule has 1 fully saturated rings. The van der Waals surface area contributed by atoms with Gasteiger partial charge in [-0.15, -0.1) is 0 Å². The Balaban J connectivity index is 2.05. The number of aliphatic hydroxyl groups excluding tert-OH is 2. The standard InChI is InChI=1S/C28H35N3O8/c1-11(30-39-7)13-10-16(27(2,3)4)21(32)18-14(13)8-12-9-15-20(31(5)6)23(34)19(26(29)37)25(36)28(15,38)24(35)17(12)22(18)33/h10,12,15,20,32-33,36,38H,8-9H2,1-7H3,(H2,29,37)/b30-11+/t12?,15?,20-,28-/m0/s1. The SMILES string of the molecule is CO/N=C(\C)c1cc(C(C)(C)C)c(O)c2c1CC1CC3[C@H](N(C)C)C(=O)C(C(N)=O)=C(O)[C@@]3(O)C(=O)C1=C2O. The Morgan fingerprint density at radius 1 is 1.21 bits per heavy atom. The first-order valence-electron chi connectivity index (χ1n) is 12.6. The second-order valence-electron chi connectivity index (χ2n) is 11.7. The third-order valence-corrected chi connectivity index (χ3v) is 8.15. The number of likely N-dealkylation sites (N-methyl/N-ethyl adjacent to an activating group) is 1. The molecule has 3 aliphatic carbocycles. The molecule has 210 valence electrons. The number of carbonyl (C=O) groups is 3. The number of amides is 1. The molecular formula is C28H35N3O8. The van der Waals surface area contributed by atoms with Gasteiger partial charge in [-0.25, -0.2) is 0 Å². The lowest BCUT2D eigenvalue weighted by Crippen LogP contribution is -2.65. The molecule has 0 heterocycles. The largest absolute Gasteiger partial charge is 0.508 e. The summed E-state index contributed by atoms with van der Waals surface area (Å²) in [5.74, 6) is -6.82. The van der Waals surface area contributed by atoms with Gasteiger partial charge in [0.1, 0.15) is 30.0 Å². The van der Waals surface area contributed by atoms with Gasteiger partial charge in [0.25, 0.3) is 5.91 Å². The molecule has 11 nitrogen and oxygen atoms in total. The summed E-state index contributed by atoms with van der Waals surface area (Å²) in [6.45, 7) is 7.36. The summed E-state index contributed by atoms with van der Waals surface area (Å²) < 4.78 is 0. The Hall–Kier alpha value is -3.70. The second-order valence-corrected chi connectivity index (χ2v) is 11.7. The van der Waals surface area contributed by atoms with Gasteiger partial charge < -0.3 is 31.0 Å². The van der Waals surface area contributed by atoms with Gasteiger partial charge in [0.05, 0.1) is 17.3 Å². The number of rotatable bonds is 4. The highest BCUT2D eigenvalue weighted by atomic mass is 16.6. The van der Waals surface area contributed by atoms with Crippen LogP contribution in [0.1, 0.15) is 56.4 Å². The Kier molecular flexibility index (Phi) is 6.68. The summed E-state index contributed by atoms with van der Waals surface area (Å²) >= 11 is 0. The molecule has 3 aliphatic rings. The molecule has 39 heavy (non-hydrogen) atoms. The number of hydrogen-bond donors (Lipinski definition) is 5. The number of aromatic hydroxyl groups is 1. The van der Waals surface area contributed by atoms with Crippen molar-refractivity contribution in [3.8, 4) is 5.75 Å². The van der Waals surface area contributed by atoms with Crippen LogP contribution in [-0.2, 0) is 31.1 Å². The van der Waals surface area contributed by atoms with Crippen LogP contribution in [0.2, 0.25) is 0 Å². The van der Waals surface area contributed by atoms with Crippen molar-refractivity contribution in [2.24, 2.45) is 22.7 Å². The first-order valence-corrected chi connectivity index (χ1v) is 12.6. The fourth-order valence-electron chi connectivity index (χ4n) is 6.39. The van der Waals surface area contributed by atoms with Crippen LogP contribution in [0.5, 0.6) is 5.75 Å². The molecule has 1 aromatic carbocycles. The topological polar surface area (TPSA) is 183 Å². The van der Waals surface area contributed by atoms with E-state index in [2.05, 4.69) is 5.16 Å². The number of oxime groups is 1. The number of nitrogens with zero attached hydrogens (tertiary/aromatic N) is 2. The molecule has 4 atom stereocenters. The van der Waals surface area contributed by atoms with Gasteiger partial charge in [0.2, 0.25) is 5.78 Å². The molecule has 0 bridgehead atoms. The van der Waals surface area contributed by atoms with Crippen molar-refractivity contribution in [2.75, 3.05) is 21.2 Å². The number of fused-ring (bicyclic) bond motifs is 3. The predicted octanol–water partition coefficient (Wildman–Crippen LogP) is 1.63. The van der Waals surface area contributed by atoms with E-state index in [1.165, 1.54) is 12.0 Å². The minimum Gasteiger partial charge on any atom is -0.508 e. The Morgan fingerprint density at radius 2 is 1.82 bits per heavy atom. The Morgan fingerprint density at radius 3 is 2.33 bits per heavy atom. The predicted molar refractivity (Wildman–Crippen MR) is 142 cm³/mol. The highest BCUT2D eigenvalue weighted by molar-refractivity contribution is 6.24. The Bertz CT molecular complexity index is 1400. The number of nitrogens with two attached hydrogens (primary N) is 1. The lowest BCUT2D eigenvalue weighted by Gasteiger charge is -2.50. The van der Waals surface area contributed by atoms with E-state index >= 15 is 0 Å². The van der Waals surface area contributed by atoms with E-state index in [0.29, 0.717) is 22.4 Å². The zero-order chi connectivity index (χ0) is 29.4. The molecule has 6 N–H and O–H groups in total. The maximum absolute atomic E-state index is 14.0. The monoisotopic (exact) mass is 541 g/mol. The molecular weight excluding hydrogens is 506 g/mol. The maximum Gasteiger partial charge on any atom is 0.255 e. The second kappa shape index (κ2) is 9.20. The van der Waals surface area contributed by atoms with Crippen LogP contribution in [0.15, 0.2) is 28.1 Å². The van der Waals surface area contributed by atoms with Gasteiger partial charge in [0, 0.05) is 22.6 Å². The zero-order valence-electron chi connectivity index (χ0n) is 23.1. The molecule has 1 saturated carbocycles. The smallest absolute Gasteiger partial charge is 0.255 e. The van der Waals surface area contributed by atoms with Crippen LogP contribution < -0.4 is 5.73 Å². The normalized spacial score (nSPS) is 27.4. The van der Waals surface area contributed by atoms with E-state index in [9.17, 15) is 34.8 Å². The molecule has 1 aromatic rings. The van der Waals surface area contributed by atoms with E-state index in [0.717, 1.165) is 0 Å². The number of hydrogen-bond acceptors (Lipinski definition) is 10. The number of aliphatic hydroxyl groups is 3. The summed E-state index contributed by atoms with van der Waals surface area (Å²) in [6.07, 6.45) is 0.173. The highest BCUT2D eigenvalue weighted by Gasteiger charge is 2.64. The van der Waals surface area contributed by atoms with Gasteiger partial charge in [-0.3, -0.25) is 19.3 Å². The summed E-state index contributed by atoms with van der Waals surface area (Å²) in [5.41, 5.74) is 3.22. The van der Waals surface area contributed by atoms with Crippen molar-refractivity contribution in [2.45, 2.75) is 57.6 Å². The minimum absolute atomic E-state index is 0.00740. The van der Waals surface area contributed by atoms with Gasteiger partial charge >= 0.3 is 0 Å². The van der Waals surface area contributed by atoms with E-state index in [1.54, 1.807) is 27.1 Å². The van der Waals surface area contributed by atoms with E-state index in [-0.39, 0.29) is 29.7 Å². The highest BCUT2D eigenvalue weighted by Crippen LogP contribution is 2.54. The van der Waals surface area contributed by atoms with Crippen LogP contribution in [0.25, 0.3) is 5.76 Å². The van der Waals surface area contributed by atoms with Crippen molar-refractivity contribution in [3.05, 3.63) is 45.2 Å². The molecule has 1 amide bonds. The fourth-order valence-corrected chi connectivity index (χ4v) is 6.39. The first-order chi connectivity index (χ1) is 18.0. The third-order valence-electron chi connectivity index (χ3n) is 8.15. The number of phenols is 1. The summed E-state index contributed by atoms with van der Waals surface area (Å²) in [6, 6.07) is 0.640. The molecule has 4 rings (SSSR count). The molecule has 0 saturated heterocycles. The summed E-state index contributed by atoms with van der Waals surface area (Å²) in [5, 5.41) is 49.7. The molecule has 11 heteroatoms. The number of carbonyl (C=O) groups excluding carboxylic acids is 3. The molecule has 2 unspecified atom stereocenters. The number of benzene rings is 1. The van der Waals surface area contributed by atoms with E-state index in [4.69, 9.17) is 10.6 Å². The van der Waals surface area contributed by atoms with Crippen LogP contribution in [0.4, 0.5) is 0 Å². The molecule has 0 aromatic heterocycles. The molecule has 0 spiro atoms. The summed E-state index contributed by atoms with van der Waals surface area (Å²) in [4.78, 5) is 45.8. The van der Waals surface area contributed by atoms with Gasteiger partial charge in [-0.05, 0) is 56.8 Å². The molecule has 0 radical (unpaired) electrons. The lowest BCUT2D eigenvalue weighted by molar-refractivity contribution is -0.153. The number of phenolic OH excluding ortho intramolecular Hbond substituents is 1. The van der Waals surface area contributed by atoms with Crippen LogP contribution >= 0.6 is 0 Å². The van der Waals surface area contributed by atoms with Crippen LogP contribution in [-0.4, -0.2) is 81.4 Å². The van der Waals surface area contributed by atoms with Crippen molar-refractivity contribution in [1.82, 2.24) is 4.90 Å². The first kappa shape index (κ1) is 28.3. The quantitative estimate of drug-likeness (QED) is 0.215. The van der Waals surface area contributed by atoms with Crippen molar-refractivity contribution in [3.63, 3.8) is 0 Å². The van der Waals surface area contributed by atoms with Crippen LogP contribution in [0.3, 0.4) is 0 Å². The molecule has 0 aliphatic heterocycles. The van der Waals surface area contributed by atoms with Crippen molar-refractivity contribution < 1.29 is 39.6 Å². The van der Waals surface area contributed by atoms with E-state index < -0.39 is 63.5 Å². The fraction of sp³-hybridized carbons (Fsp3) is 0.500. The minimum atomic E-state index is -2.68. The number of Topliss-reactive ketones (excluding diaryl/α,β-unsaturated/α-hetero) is 2. The van der Waals surface area contributed by atoms with Gasteiger partial charge in [0.15, 0.2) is 11.4 Å².